The lowest BCUT2D eigenvalue weighted by molar-refractivity contribution is -0.358. The van der Waals surface area contributed by atoms with Gasteiger partial charge in [-0.3, -0.25) is 9.59 Å². The molecule has 2 aliphatic rings. The van der Waals surface area contributed by atoms with Crippen LogP contribution in [-0.2, 0) is 33.3 Å². The van der Waals surface area contributed by atoms with Crippen molar-refractivity contribution < 1.29 is 74.1 Å². The van der Waals surface area contributed by atoms with Crippen molar-refractivity contribution in [2.24, 2.45) is 0 Å². The zero-order chi connectivity index (χ0) is 31.0. The van der Waals surface area contributed by atoms with Crippen LogP contribution in [0.5, 0.6) is 0 Å². The minimum atomic E-state index is -1.92. The average Bonchev–Trinajstić information content (AvgIpc) is 2.93. The molecule has 1 aromatic carbocycles. The summed E-state index contributed by atoms with van der Waals surface area (Å²) in [7, 11) is 0. The van der Waals surface area contributed by atoms with Gasteiger partial charge in [0.15, 0.2) is 12.6 Å². The van der Waals surface area contributed by atoms with E-state index in [2.05, 4.69) is 0 Å². The Morgan fingerprint density at radius 1 is 0.905 bits per heavy atom. The van der Waals surface area contributed by atoms with Crippen LogP contribution in [0.25, 0.3) is 6.08 Å². The first-order valence-electron chi connectivity index (χ1n) is 13.2. The van der Waals surface area contributed by atoms with E-state index < -0.39 is 105 Å². The molecule has 0 spiro atoms. The minimum absolute atomic E-state index is 0.0634. The Morgan fingerprint density at radius 3 is 2.19 bits per heavy atom. The summed E-state index contributed by atoms with van der Waals surface area (Å²) in [4.78, 5) is 23.3. The summed E-state index contributed by atoms with van der Waals surface area (Å²) >= 11 is 0. The van der Waals surface area contributed by atoms with Gasteiger partial charge in [-0.1, -0.05) is 42.5 Å². The molecule has 0 radical (unpaired) electrons. The Morgan fingerprint density at radius 2 is 1.55 bits per heavy atom. The topological polar surface area (TPSA) is 242 Å². The van der Waals surface area contributed by atoms with Crippen LogP contribution in [-0.4, -0.2) is 140 Å². The van der Waals surface area contributed by atoms with Crippen LogP contribution in [0.2, 0.25) is 0 Å². The highest BCUT2D eigenvalue weighted by atomic mass is 16.7. The summed E-state index contributed by atoms with van der Waals surface area (Å²) in [5.41, 5.74) is -1.04. The highest BCUT2D eigenvalue weighted by molar-refractivity contribution is 5.73. The predicted octanol–water partition coefficient (Wildman–Crippen LogP) is -2.49. The number of carbonyl (C=O) groups is 2. The summed E-state index contributed by atoms with van der Waals surface area (Å²) in [6, 6.07) is 9.24. The van der Waals surface area contributed by atoms with Crippen LogP contribution in [0, 0.1) is 0 Å². The largest absolute Gasteiger partial charge is 0.481 e. The summed E-state index contributed by atoms with van der Waals surface area (Å²) in [5.74, 6) is -2.35. The third-order valence-corrected chi connectivity index (χ3v) is 6.71. The van der Waals surface area contributed by atoms with E-state index in [9.17, 15) is 45.3 Å². The van der Waals surface area contributed by atoms with Gasteiger partial charge in [0.1, 0.15) is 55.4 Å². The van der Waals surface area contributed by atoms with Gasteiger partial charge in [-0.25, -0.2) is 0 Å². The molecule has 11 atom stereocenters. The molecule has 0 saturated carbocycles. The number of esters is 1. The first kappa shape index (κ1) is 34.0. The lowest BCUT2D eigenvalue weighted by Gasteiger charge is -2.46. The molecular formula is C27H38O15. The molecule has 2 heterocycles. The lowest BCUT2D eigenvalue weighted by Crippen LogP contribution is -2.64. The van der Waals surface area contributed by atoms with Crippen molar-refractivity contribution in [3.63, 3.8) is 0 Å². The van der Waals surface area contributed by atoms with Crippen molar-refractivity contribution >= 4 is 18.0 Å². The van der Waals surface area contributed by atoms with Crippen molar-refractivity contribution in [3.05, 3.63) is 42.0 Å². The van der Waals surface area contributed by atoms with Gasteiger partial charge in [0, 0.05) is 0 Å². The number of aliphatic carboxylic acids is 1. The van der Waals surface area contributed by atoms with Gasteiger partial charge in [0.2, 0.25) is 0 Å². The molecule has 236 valence electrons. The number of ether oxygens (including phenoxy) is 5. The van der Waals surface area contributed by atoms with Gasteiger partial charge in [-0.2, -0.15) is 0 Å². The highest BCUT2D eigenvalue weighted by Gasteiger charge is 2.51. The first-order valence-corrected chi connectivity index (χ1v) is 13.2. The molecule has 2 aliphatic heterocycles. The third kappa shape index (κ3) is 9.23. The molecule has 0 aliphatic carbocycles. The maximum Gasteiger partial charge on any atom is 0.308 e. The van der Waals surface area contributed by atoms with Crippen molar-refractivity contribution in [3.8, 4) is 0 Å². The fraction of sp³-hybridized carbons (Fsp3) is 0.630. The highest BCUT2D eigenvalue weighted by Crippen LogP contribution is 2.30. The Kier molecular flexibility index (Phi) is 12.3. The number of benzene rings is 1. The first-order chi connectivity index (χ1) is 19.8. The minimum Gasteiger partial charge on any atom is -0.481 e. The van der Waals surface area contributed by atoms with Crippen LogP contribution < -0.4 is 0 Å². The molecule has 15 nitrogen and oxygen atoms in total. The van der Waals surface area contributed by atoms with Crippen molar-refractivity contribution in [1.29, 1.82) is 0 Å². The smallest absolute Gasteiger partial charge is 0.308 e. The third-order valence-electron chi connectivity index (χ3n) is 6.71. The van der Waals surface area contributed by atoms with E-state index in [-0.39, 0.29) is 6.61 Å². The van der Waals surface area contributed by atoms with Gasteiger partial charge < -0.3 is 64.5 Å². The molecule has 11 unspecified atom stereocenters. The molecule has 8 N–H and O–H groups in total. The summed E-state index contributed by atoms with van der Waals surface area (Å²) < 4.78 is 27.4. The van der Waals surface area contributed by atoms with Crippen LogP contribution in [0.1, 0.15) is 25.3 Å². The van der Waals surface area contributed by atoms with Crippen molar-refractivity contribution in [2.75, 3.05) is 19.8 Å². The monoisotopic (exact) mass is 602 g/mol. The van der Waals surface area contributed by atoms with Crippen LogP contribution >= 0.6 is 0 Å². The molecule has 2 fully saturated rings. The van der Waals surface area contributed by atoms with Crippen molar-refractivity contribution in [2.45, 2.75) is 86.8 Å². The molecular weight excluding hydrogens is 564 g/mol. The Hall–Kier alpha value is -2.54. The maximum atomic E-state index is 12.4. The van der Waals surface area contributed by atoms with Crippen LogP contribution in [0.3, 0.4) is 0 Å². The average molecular weight is 603 g/mol. The second-order valence-electron chi connectivity index (χ2n) is 10.4. The Bertz CT molecular complexity index is 1030. The van der Waals surface area contributed by atoms with Gasteiger partial charge in [0.05, 0.1) is 31.7 Å². The quantitative estimate of drug-likeness (QED) is 0.109. The number of aliphatic hydroxyl groups is 7. The summed E-state index contributed by atoms with van der Waals surface area (Å²) in [5, 5.41) is 80.7. The van der Waals surface area contributed by atoms with Gasteiger partial charge in [-0.05, 0) is 12.5 Å². The van der Waals surface area contributed by atoms with Gasteiger partial charge >= 0.3 is 11.9 Å². The van der Waals surface area contributed by atoms with Gasteiger partial charge in [0.25, 0.3) is 0 Å². The molecule has 3 rings (SSSR count). The number of carboxylic acids is 1. The lowest BCUT2D eigenvalue weighted by atomic mass is 9.97. The molecule has 15 heteroatoms. The molecule has 0 aromatic heterocycles. The van der Waals surface area contributed by atoms with Gasteiger partial charge in [-0.15, -0.1) is 0 Å². The molecule has 1 aromatic rings. The number of hydrogen-bond donors (Lipinski definition) is 8. The summed E-state index contributed by atoms with van der Waals surface area (Å²) in [6.07, 6.45) is -14.3. The van der Waals surface area contributed by atoms with E-state index in [0.717, 1.165) is 12.5 Å². The van der Waals surface area contributed by atoms with E-state index in [1.807, 2.05) is 30.3 Å². The predicted molar refractivity (Wildman–Crippen MR) is 139 cm³/mol. The van der Waals surface area contributed by atoms with Crippen molar-refractivity contribution in [1.82, 2.24) is 0 Å². The Labute approximate surface area is 241 Å². The van der Waals surface area contributed by atoms with E-state index in [1.54, 1.807) is 12.2 Å². The van der Waals surface area contributed by atoms with Crippen LogP contribution in [0.4, 0.5) is 0 Å². The zero-order valence-corrected chi connectivity index (χ0v) is 22.8. The van der Waals surface area contributed by atoms with E-state index in [0.29, 0.717) is 0 Å². The molecule has 2 saturated heterocycles. The van der Waals surface area contributed by atoms with Crippen LogP contribution in [0.15, 0.2) is 36.4 Å². The SMILES string of the molecule is CC(O)(CC(=O)O)CC(=O)OCC1OC(OCC=Cc2ccccc2)C(O)C(O)C1OC1OC(CO)C(O)C(O)C1O. The number of carboxylic acid groups (broad SMARTS) is 1. The second kappa shape index (κ2) is 15.3. The van der Waals surface area contributed by atoms with E-state index in [1.165, 1.54) is 0 Å². The summed E-state index contributed by atoms with van der Waals surface area (Å²) in [6.45, 7) is -0.321. The molecule has 42 heavy (non-hydrogen) atoms. The van der Waals surface area contributed by atoms with E-state index >= 15 is 0 Å². The molecule has 0 bridgehead atoms. The normalized spacial score (nSPS) is 35.0. The Balaban J connectivity index is 1.72. The maximum absolute atomic E-state index is 12.4. The standard InChI is InChI=1S/C27H38O15/c1-27(37,10-17(29)30)11-18(31)39-13-16-24(42-26-22(35)20(33)19(32)15(12-28)40-26)21(34)23(36)25(41-16)38-9-5-8-14-6-3-2-4-7-14/h2-8,15-16,19-26,28,32-37H,9-13H2,1H3,(H,29,30). The van der Waals surface area contributed by atoms with E-state index in [4.69, 9.17) is 28.8 Å². The number of carbonyl (C=O) groups excluding carboxylic acids is 1. The fourth-order valence-electron chi connectivity index (χ4n) is 4.50. The number of hydrogen-bond acceptors (Lipinski definition) is 14. The zero-order valence-electron chi connectivity index (χ0n) is 22.8. The number of aliphatic hydroxyl groups excluding tert-OH is 6. The number of rotatable bonds is 13. The molecule has 0 amide bonds. The fourth-order valence-corrected chi connectivity index (χ4v) is 4.50. The second-order valence-corrected chi connectivity index (χ2v) is 10.4.